The van der Waals surface area contributed by atoms with E-state index in [0.29, 0.717) is 32.0 Å². The Morgan fingerprint density at radius 3 is 2.58 bits per heavy atom. The number of aliphatic imine (C=N–C) groups is 1. The van der Waals surface area contributed by atoms with Crippen molar-refractivity contribution in [1.29, 1.82) is 0 Å². The summed E-state index contributed by atoms with van der Waals surface area (Å²) in [5, 5.41) is 20.4. The van der Waals surface area contributed by atoms with Crippen molar-refractivity contribution in [3.8, 4) is 0 Å². The van der Waals surface area contributed by atoms with Crippen LogP contribution in [0, 0.1) is 0 Å². The topological polar surface area (TPSA) is 59.9 Å². The molecule has 26 heavy (non-hydrogen) atoms. The Balaban J connectivity index is 0.00000625. The number of hydrogen-bond donors (Lipinski definition) is 3. The Bertz CT molecular complexity index is 524. The van der Waals surface area contributed by atoms with Crippen LogP contribution in [0.4, 0.5) is 13.2 Å². The van der Waals surface area contributed by atoms with Crippen LogP contribution in [0.25, 0.3) is 0 Å². The third kappa shape index (κ3) is 10.5. The van der Waals surface area contributed by atoms with E-state index in [2.05, 4.69) is 15.6 Å². The zero-order chi connectivity index (χ0) is 18.9. The van der Waals surface area contributed by atoms with E-state index in [1.165, 1.54) is 23.3 Å². The van der Waals surface area contributed by atoms with Gasteiger partial charge in [0.15, 0.2) is 5.96 Å². The number of guanidine groups is 1. The van der Waals surface area contributed by atoms with E-state index in [1.54, 1.807) is 6.92 Å². The molecule has 0 aliphatic carbocycles. The average molecular weight is 508 g/mol. The highest BCUT2D eigenvalue weighted by Crippen LogP contribution is 2.23. The Kier molecular flexibility index (Phi) is 11.7. The van der Waals surface area contributed by atoms with Crippen LogP contribution in [-0.4, -0.2) is 61.9 Å². The minimum absolute atomic E-state index is 0. The lowest BCUT2D eigenvalue weighted by Gasteiger charge is -2.21. The Hall–Kier alpha value is -0.590. The molecule has 10 heteroatoms. The normalized spacial score (nSPS) is 14.7. The summed E-state index contributed by atoms with van der Waals surface area (Å²) in [6, 6.07) is 1.86. The number of halogens is 4. The third-order valence-electron chi connectivity index (χ3n) is 3.49. The van der Waals surface area contributed by atoms with Crippen molar-refractivity contribution in [2.24, 2.45) is 4.99 Å². The Morgan fingerprint density at radius 1 is 1.35 bits per heavy atom. The first-order valence-corrected chi connectivity index (χ1v) is 9.11. The summed E-state index contributed by atoms with van der Waals surface area (Å²) < 4.78 is 36.8. The minimum Gasteiger partial charge on any atom is -0.383 e. The maximum atomic E-state index is 12.3. The minimum atomic E-state index is -4.17. The van der Waals surface area contributed by atoms with Gasteiger partial charge in [-0.1, -0.05) is 0 Å². The molecule has 0 aliphatic rings. The van der Waals surface area contributed by atoms with Gasteiger partial charge in [-0.3, -0.25) is 4.90 Å². The van der Waals surface area contributed by atoms with Crippen LogP contribution in [0.2, 0.25) is 0 Å². The molecular formula is C16H28F3IN4OS. The molecule has 0 radical (unpaired) electrons. The average Bonchev–Trinajstić information content (AvgIpc) is 3.02. The molecule has 0 fully saturated rings. The lowest BCUT2D eigenvalue weighted by molar-refractivity contribution is -0.143. The maximum absolute atomic E-state index is 12.3. The molecule has 152 valence electrons. The molecular weight excluding hydrogens is 480 g/mol. The first-order valence-electron chi connectivity index (χ1n) is 8.16. The monoisotopic (exact) mass is 508 g/mol. The fraction of sp³-hybridized carbons (Fsp3) is 0.688. The molecule has 0 saturated heterocycles. The van der Waals surface area contributed by atoms with E-state index >= 15 is 0 Å². The standard InChI is InChI=1S/C16H27F3N4OS.HI/c1-4-20-14(21-7-5-8-23(3)12-16(17,18)19)22-11-15(2,24)13-6-9-25-10-13;/h6,9-10,24H,4-5,7-8,11-12H2,1-3H3,(H2,20,21,22);1H. The molecule has 0 aliphatic heterocycles. The Morgan fingerprint density at radius 2 is 2.04 bits per heavy atom. The van der Waals surface area contributed by atoms with Crippen molar-refractivity contribution in [2.75, 3.05) is 39.8 Å². The molecule has 1 atom stereocenters. The number of thiophene rings is 1. The zero-order valence-electron chi connectivity index (χ0n) is 15.3. The van der Waals surface area contributed by atoms with Crippen LogP contribution in [0.3, 0.4) is 0 Å². The van der Waals surface area contributed by atoms with Crippen molar-refractivity contribution >= 4 is 41.3 Å². The number of nitrogens with zero attached hydrogens (tertiary/aromatic N) is 2. The second-order valence-electron chi connectivity index (χ2n) is 6.11. The summed E-state index contributed by atoms with van der Waals surface area (Å²) in [7, 11) is 1.45. The van der Waals surface area contributed by atoms with Crippen molar-refractivity contribution in [3.05, 3.63) is 22.4 Å². The van der Waals surface area contributed by atoms with E-state index < -0.39 is 18.3 Å². The van der Waals surface area contributed by atoms with Gasteiger partial charge in [0.25, 0.3) is 0 Å². The van der Waals surface area contributed by atoms with Gasteiger partial charge in [-0.15, -0.1) is 24.0 Å². The van der Waals surface area contributed by atoms with Gasteiger partial charge in [0, 0.05) is 13.1 Å². The number of hydrogen-bond acceptors (Lipinski definition) is 4. The van der Waals surface area contributed by atoms with Gasteiger partial charge in [0.1, 0.15) is 5.60 Å². The number of alkyl halides is 3. The van der Waals surface area contributed by atoms with Gasteiger partial charge in [0.2, 0.25) is 0 Å². The lowest BCUT2D eigenvalue weighted by Crippen LogP contribution is -2.40. The fourth-order valence-corrected chi connectivity index (χ4v) is 2.96. The molecule has 1 unspecified atom stereocenters. The highest BCUT2D eigenvalue weighted by molar-refractivity contribution is 14.0. The van der Waals surface area contributed by atoms with E-state index in [9.17, 15) is 18.3 Å². The quantitative estimate of drug-likeness (QED) is 0.208. The molecule has 5 nitrogen and oxygen atoms in total. The van der Waals surface area contributed by atoms with Gasteiger partial charge in [0.05, 0.1) is 13.1 Å². The number of nitrogens with one attached hydrogen (secondary N) is 2. The highest BCUT2D eigenvalue weighted by Gasteiger charge is 2.28. The summed E-state index contributed by atoms with van der Waals surface area (Å²) in [6.07, 6.45) is -3.62. The largest absolute Gasteiger partial charge is 0.401 e. The summed E-state index contributed by atoms with van der Waals surface area (Å²) in [4.78, 5) is 5.62. The summed E-state index contributed by atoms with van der Waals surface area (Å²) in [6.45, 7) is 4.38. The van der Waals surface area contributed by atoms with Gasteiger partial charge < -0.3 is 15.7 Å². The first-order chi connectivity index (χ1) is 11.6. The first kappa shape index (κ1) is 25.4. The SMILES string of the molecule is CCNC(=NCC(C)(O)c1ccsc1)NCCCN(C)CC(F)(F)F.I. The molecule has 1 rings (SSSR count). The molecule has 0 bridgehead atoms. The number of aliphatic hydroxyl groups is 1. The molecule has 0 spiro atoms. The Labute approximate surface area is 174 Å². The fourth-order valence-electron chi connectivity index (χ4n) is 2.18. The van der Waals surface area contributed by atoms with Crippen molar-refractivity contribution < 1.29 is 18.3 Å². The van der Waals surface area contributed by atoms with Crippen molar-refractivity contribution in [3.63, 3.8) is 0 Å². The van der Waals surface area contributed by atoms with Crippen LogP contribution in [0.1, 0.15) is 25.8 Å². The van der Waals surface area contributed by atoms with E-state index in [1.807, 2.05) is 23.8 Å². The summed E-state index contributed by atoms with van der Waals surface area (Å²) >= 11 is 1.51. The second-order valence-corrected chi connectivity index (χ2v) is 6.89. The highest BCUT2D eigenvalue weighted by atomic mass is 127. The molecule has 0 amide bonds. The third-order valence-corrected chi connectivity index (χ3v) is 4.17. The second kappa shape index (κ2) is 12.0. The smallest absolute Gasteiger partial charge is 0.383 e. The van der Waals surface area contributed by atoms with Crippen LogP contribution in [-0.2, 0) is 5.60 Å². The van der Waals surface area contributed by atoms with Gasteiger partial charge >= 0.3 is 6.18 Å². The van der Waals surface area contributed by atoms with Crippen LogP contribution in [0.15, 0.2) is 21.8 Å². The predicted octanol–water partition coefficient (Wildman–Crippen LogP) is 3.01. The van der Waals surface area contributed by atoms with Gasteiger partial charge in [-0.05, 0) is 56.3 Å². The summed E-state index contributed by atoms with van der Waals surface area (Å²) in [5.41, 5.74) is -0.249. The van der Waals surface area contributed by atoms with E-state index in [0.717, 1.165) is 5.56 Å². The van der Waals surface area contributed by atoms with E-state index in [-0.39, 0.29) is 30.5 Å². The van der Waals surface area contributed by atoms with Crippen molar-refractivity contribution in [1.82, 2.24) is 15.5 Å². The van der Waals surface area contributed by atoms with Crippen molar-refractivity contribution in [2.45, 2.75) is 32.0 Å². The molecule has 1 heterocycles. The molecule has 1 aromatic rings. The van der Waals surface area contributed by atoms with Gasteiger partial charge in [-0.25, -0.2) is 4.99 Å². The molecule has 0 aromatic carbocycles. The lowest BCUT2D eigenvalue weighted by atomic mass is 10.00. The molecule has 3 N–H and O–H groups in total. The van der Waals surface area contributed by atoms with Gasteiger partial charge in [-0.2, -0.15) is 24.5 Å². The van der Waals surface area contributed by atoms with Crippen LogP contribution in [0.5, 0.6) is 0 Å². The maximum Gasteiger partial charge on any atom is 0.401 e. The molecule has 1 aromatic heterocycles. The summed E-state index contributed by atoms with van der Waals surface area (Å²) in [5.74, 6) is 0.538. The predicted molar refractivity (Wildman–Crippen MR) is 111 cm³/mol. The number of rotatable bonds is 9. The zero-order valence-corrected chi connectivity index (χ0v) is 18.4. The van der Waals surface area contributed by atoms with Crippen LogP contribution < -0.4 is 10.6 Å². The van der Waals surface area contributed by atoms with Crippen LogP contribution >= 0.6 is 35.3 Å². The van der Waals surface area contributed by atoms with E-state index in [4.69, 9.17) is 0 Å². The molecule has 0 saturated carbocycles.